The van der Waals surface area contributed by atoms with Crippen LogP contribution in [-0.2, 0) is 14.4 Å². The first-order valence-electron chi connectivity index (χ1n) is 11.0. The number of pyridine rings is 1. The standard InChI is InChI=1S/C28H21N3O4/c1-17(32)30-19-10-7-11-20(16-19)31-25(23-14-4-5-15-29-23)24(27(34)28(31)35)26(33)22-13-6-9-18-8-2-3-12-21(18)22/h2-16,25,33H,1H3,(H,30,32)/b26-24-. The molecule has 172 valence electrons. The molecule has 0 bridgehead atoms. The van der Waals surface area contributed by atoms with Crippen molar-refractivity contribution in [3.05, 3.63) is 108 Å². The molecule has 0 aliphatic carbocycles. The van der Waals surface area contributed by atoms with Crippen molar-refractivity contribution in [1.29, 1.82) is 0 Å². The van der Waals surface area contributed by atoms with Gasteiger partial charge in [0.05, 0.1) is 11.3 Å². The third-order valence-corrected chi connectivity index (χ3v) is 5.90. The Morgan fingerprint density at radius 3 is 2.46 bits per heavy atom. The Morgan fingerprint density at radius 1 is 0.943 bits per heavy atom. The zero-order chi connectivity index (χ0) is 24.5. The Kier molecular flexibility index (Phi) is 5.58. The topological polar surface area (TPSA) is 99.6 Å². The van der Waals surface area contributed by atoms with Crippen molar-refractivity contribution in [3.63, 3.8) is 0 Å². The van der Waals surface area contributed by atoms with E-state index in [0.717, 1.165) is 10.8 Å². The molecule has 2 amide bonds. The van der Waals surface area contributed by atoms with Crippen LogP contribution in [0, 0.1) is 0 Å². The molecule has 1 aliphatic heterocycles. The number of fused-ring (bicyclic) bond motifs is 1. The maximum absolute atomic E-state index is 13.4. The highest BCUT2D eigenvalue weighted by molar-refractivity contribution is 6.51. The van der Waals surface area contributed by atoms with Crippen LogP contribution < -0.4 is 10.2 Å². The van der Waals surface area contributed by atoms with E-state index in [1.165, 1.54) is 11.8 Å². The van der Waals surface area contributed by atoms with Gasteiger partial charge in [-0.2, -0.15) is 0 Å². The van der Waals surface area contributed by atoms with Gasteiger partial charge in [0.15, 0.2) is 0 Å². The molecule has 35 heavy (non-hydrogen) atoms. The Labute approximate surface area is 201 Å². The number of benzene rings is 3. The second-order valence-corrected chi connectivity index (χ2v) is 8.18. The highest BCUT2D eigenvalue weighted by atomic mass is 16.3. The largest absolute Gasteiger partial charge is 0.507 e. The zero-order valence-electron chi connectivity index (χ0n) is 18.8. The van der Waals surface area contributed by atoms with Gasteiger partial charge in [-0.15, -0.1) is 0 Å². The number of nitrogens with one attached hydrogen (secondary N) is 1. The SMILES string of the molecule is CC(=O)Nc1cccc(N2C(=O)C(=O)/C(=C(\O)c3cccc4ccccc34)C2c2ccccn2)c1. The maximum atomic E-state index is 13.4. The molecule has 7 nitrogen and oxygen atoms in total. The molecule has 1 unspecified atom stereocenters. The number of hydrogen-bond acceptors (Lipinski definition) is 5. The maximum Gasteiger partial charge on any atom is 0.300 e. The van der Waals surface area contributed by atoms with Crippen molar-refractivity contribution < 1.29 is 19.5 Å². The lowest BCUT2D eigenvalue weighted by Crippen LogP contribution is -2.30. The average Bonchev–Trinajstić information content (AvgIpc) is 3.14. The predicted molar refractivity (Wildman–Crippen MR) is 134 cm³/mol. The second kappa shape index (κ2) is 8.87. The van der Waals surface area contributed by atoms with E-state index >= 15 is 0 Å². The van der Waals surface area contributed by atoms with Gasteiger partial charge in [-0.3, -0.25) is 24.3 Å². The van der Waals surface area contributed by atoms with Crippen LogP contribution in [0.25, 0.3) is 16.5 Å². The summed E-state index contributed by atoms with van der Waals surface area (Å²) >= 11 is 0. The van der Waals surface area contributed by atoms with Crippen LogP contribution in [-0.4, -0.2) is 27.7 Å². The molecule has 1 aromatic heterocycles. The number of aliphatic hydroxyl groups is 1. The van der Waals surface area contributed by atoms with Gasteiger partial charge >= 0.3 is 0 Å². The molecule has 0 spiro atoms. The monoisotopic (exact) mass is 463 g/mol. The molecule has 1 atom stereocenters. The molecule has 2 N–H and O–H groups in total. The molecule has 0 radical (unpaired) electrons. The van der Waals surface area contributed by atoms with Crippen LogP contribution >= 0.6 is 0 Å². The van der Waals surface area contributed by atoms with E-state index in [-0.39, 0.29) is 17.2 Å². The molecule has 1 saturated heterocycles. The minimum atomic E-state index is -0.956. The Balaban J connectivity index is 1.73. The molecular weight excluding hydrogens is 442 g/mol. The van der Waals surface area contributed by atoms with E-state index in [2.05, 4.69) is 10.3 Å². The summed E-state index contributed by atoms with van der Waals surface area (Å²) in [6.45, 7) is 1.39. The zero-order valence-corrected chi connectivity index (χ0v) is 18.8. The van der Waals surface area contributed by atoms with Gasteiger partial charge in [0, 0.05) is 30.1 Å². The lowest BCUT2D eigenvalue weighted by atomic mass is 9.95. The van der Waals surface area contributed by atoms with Crippen molar-refractivity contribution in [1.82, 2.24) is 4.98 Å². The van der Waals surface area contributed by atoms with Crippen molar-refractivity contribution in [3.8, 4) is 0 Å². The molecule has 4 aromatic rings. The number of amides is 2. The number of ketones is 1. The minimum Gasteiger partial charge on any atom is -0.507 e. The number of aromatic nitrogens is 1. The van der Waals surface area contributed by atoms with Crippen LogP contribution in [0.4, 0.5) is 11.4 Å². The number of aliphatic hydroxyl groups excluding tert-OH is 1. The fraction of sp³-hybridized carbons (Fsp3) is 0.0714. The summed E-state index contributed by atoms with van der Waals surface area (Å²) in [6.07, 6.45) is 1.57. The molecule has 1 fully saturated rings. The molecule has 1 aliphatic rings. The summed E-state index contributed by atoms with van der Waals surface area (Å²) in [6, 6.07) is 23.8. The predicted octanol–water partition coefficient (Wildman–Crippen LogP) is 4.82. The van der Waals surface area contributed by atoms with Crippen molar-refractivity contribution in [2.45, 2.75) is 13.0 Å². The number of anilines is 2. The van der Waals surface area contributed by atoms with Gasteiger partial charge in [0.25, 0.3) is 11.7 Å². The number of Topliss-reactive ketones (excluding diaryl/α,β-unsaturated/α-hetero) is 1. The molecule has 3 aromatic carbocycles. The normalized spacial score (nSPS) is 17.1. The number of rotatable bonds is 4. The molecule has 7 heteroatoms. The van der Waals surface area contributed by atoms with E-state index in [9.17, 15) is 19.5 Å². The van der Waals surface area contributed by atoms with E-state index in [4.69, 9.17) is 0 Å². The minimum absolute atomic E-state index is 0.0463. The first-order valence-corrected chi connectivity index (χ1v) is 11.0. The summed E-state index contributed by atoms with van der Waals surface area (Å²) in [4.78, 5) is 44.0. The van der Waals surface area contributed by atoms with E-state index in [0.29, 0.717) is 22.6 Å². The quantitative estimate of drug-likeness (QED) is 0.257. The summed E-state index contributed by atoms with van der Waals surface area (Å²) in [5.41, 5.74) is 1.71. The van der Waals surface area contributed by atoms with E-state index in [1.807, 2.05) is 30.3 Å². The van der Waals surface area contributed by atoms with Crippen LogP contribution in [0.1, 0.15) is 24.2 Å². The second-order valence-electron chi connectivity index (χ2n) is 8.18. The number of carbonyl (C=O) groups excluding carboxylic acids is 3. The van der Waals surface area contributed by atoms with E-state index < -0.39 is 17.7 Å². The van der Waals surface area contributed by atoms with Crippen LogP contribution in [0.3, 0.4) is 0 Å². The first kappa shape index (κ1) is 22.0. The Hall–Kier alpha value is -4.78. The van der Waals surface area contributed by atoms with Gasteiger partial charge in [-0.1, -0.05) is 54.6 Å². The summed E-state index contributed by atoms with van der Waals surface area (Å²) in [7, 11) is 0. The lowest BCUT2D eigenvalue weighted by molar-refractivity contribution is -0.132. The van der Waals surface area contributed by atoms with Crippen molar-refractivity contribution >= 4 is 45.5 Å². The van der Waals surface area contributed by atoms with Crippen molar-refractivity contribution in [2.24, 2.45) is 0 Å². The number of carbonyl (C=O) groups is 3. The van der Waals surface area contributed by atoms with Crippen LogP contribution in [0.2, 0.25) is 0 Å². The molecule has 5 rings (SSSR count). The molecule has 0 saturated carbocycles. The van der Waals surface area contributed by atoms with Crippen LogP contribution in [0.15, 0.2) is 96.7 Å². The van der Waals surface area contributed by atoms with Gasteiger partial charge < -0.3 is 10.4 Å². The van der Waals surface area contributed by atoms with Gasteiger partial charge in [0.2, 0.25) is 5.91 Å². The smallest absolute Gasteiger partial charge is 0.300 e. The highest BCUT2D eigenvalue weighted by Gasteiger charge is 2.47. The van der Waals surface area contributed by atoms with E-state index in [1.54, 1.807) is 60.8 Å². The summed E-state index contributed by atoms with van der Waals surface area (Å²) < 4.78 is 0. The highest BCUT2D eigenvalue weighted by Crippen LogP contribution is 2.42. The fourth-order valence-corrected chi connectivity index (χ4v) is 4.43. The first-order chi connectivity index (χ1) is 17.0. The average molecular weight is 463 g/mol. The Bertz CT molecular complexity index is 1510. The van der Waals surface area contributed by atoms with Crippen molar-refractivity contribution in [2.75, 3.05) is 10.2 Å². The fourth-order valence-electron chi connectivity index (χ4n) is 4.43. The van der Waals surface area contributed by atoms with Gasteiger partial charge in [0.1, 0.15) is 11.8 Å². The van der Waals surface area contributed by atoms with Gasteiger partial charge in [-0.05, 0) is 41.1 Å². The third-order valence-electron chi connectivity index (χ3n) is 5.90. The molecular formula is C28H21N3O4. The summed E-state index contributed by atoms with van der Waals surface area (Å²) in [5, 5.41) is 15.8. The molecule has 2 heterocycles. The number of hydrogen-bond donors (Lipinski definition) is 2. The third kappa shape index (κ3) is 3.93. The van der Waals surface area contributed by atoms with Crippen LogP contribution in [0.5, 0.6) is 0 Å². The number of nitrogens with zero attached hydrogens (tertiary/aromatic N) is 2. The van der Waals surface area contributed by atoms with Gasteiger partial charge in [-0.25, -0.2) is 0 Å². The lowest BCUT2D eigenvalue weighted by Gasteiger charge is -2.25. The Morgan fingerprint density at radius 2 is 1.69 bits per heavy atom. The summed E-state index contributed by atoms with van der Waals surface area (Å²) in [5.74, 6) is -2.13.